The Morgan fingerprint density at radius 3 is 2.12 bits per heavy atom. The van der Waals surface area contributed by atoms with Crippen LogP contribution in [0.2, 0.25) is 0 Å². The summed E-state index contributed by atoms with van der Waals surface area (Å²) < 4.78 is 16.0. The fraction of sp³-hybridized carbons (Fsp3) is 0.286. The molecule has 0 aliphatic heterocycles. The molecule has 0 N–H and O–H groups in total. The van der Waals surface area contributed by atoms with E-state index in [1.807, 2.05) is 6.92 Å². The van der Waals surface area contributed by atoms with Gasteiger partial charge in [-0.1, -0.05) is 26.2 Å². The summed E-state index contributed by atoms with van der Waals surface area (Å²) in [5, 5.41) is 0. The molecule has 168 valence electrons. The van der Waals surface area contributed by atoms with Crippen LogP contribution in [0, 0.1) is 36.2 Å². The molecule has 5 heteroatoms. The van der Waals surface area contributed by atoms with Crippen LogP contribution < -0.4 is 9.47 Å². The number of hydrogen-bond acceptors (Lipinski definition) is 5. The minimum atomic E-state index is -0.538. The molecule has 0 spiro atoms. The van der Waals surface area contributed by atoms with Crippen molar-refractivity contribution in [3.05, 3.63) is 59.7 Å². The van der Waals surface area contributed by atoms with Gasteiger partial charge in [-0.15, -0.1) is 6.42 Å². The van der Waals surface area contributed by atoms with Crippen molar-refractivity contribution in [1.29, 1.82) is 0 Å². The van der Waals surface area contributed by atoms with Gasteiger partial charge in [0.25, 0.3) is 0 Å². The Hall–Kier alpha value is -4.14. The third-order valence-corrected chi connectivity index (χ3v) is 4.58. The topological polar surface area (TPSA) is 61.8 Å². The van der Waals surface area contributed by atoms with Gasteiger partial charge in [0.05, 0.1) is 17.2 Å². The Kier molecular flexibility index (Phi) is 10.7. The number of hydrogen-bond donors (Lipinski definition) is 0. The molecule has 0 radical (unpaired) electrons. The quantitative estimate of drug-likeness (QED) is 0.213. The average Bonchev–Trinajstić information content (AvgIpc) is 2.82. The predicted molar refractivity (Wildman–Crippen MR) is 126 cm³/mol. The van der Waals surface area contributed by atoms with Crippen LogP contribution in [-0.2, 0) is 4.74 Å². The Labute approximate surface area is 195 Å². The van der Waals surface area contributed by atoms with Gasteiger partial charge in [-0.05, 0) is 80.1 Å². The maximum atomic E-state index is 12.3. The Morgan fingerprint density at radius 1 is 0.848 bits per heavy atom. The highest BCUT2D eigenvalue weighted by Crippen LogP contribution is 2.18. The van der Waals surface area contributed by atoms with Crippen LogP contribution in [0.15, 0.2) is 48.5 Å². The van der Waals surface area contributed by atoms with E-state index < -0.39 is 5.97 Å². The summed E-state index contributed by atoms with van der Waals surface area (Å²) in [6, 6.07) is 12.6. The maximum absolute atomic E-state index is 12.3. The zero-order chi connectivity index (χ0) is 23.9. The lowest BCUT2D eigenvalue weighted by Crippen LogP contribution is -2.15. The number of terminal acetylenes is 1. The fourth-order valence-electron chi connectivity index (χ4n) is 2.83. The van der Waals surface area contributed by atoms with Crippen LogP contribution in [0.3, 0.4) is 0 Å². The van der Waals surface area contributed by atoms with Gasteiger partial charge >= 0.3 is 11.9 Å². The molecule has 0 aliphatic rings. The molecule has 0 saturated heterocycles. The first-order valence-corrected chi connectivity index (χ1v) is 10.8. The standard InChI is InChI=1S/C28H26O5/c1-4-6-8-10-12-22(3)32-27(29)23-15-19-26(20-16-23)33-28(30)24-13-17-25(18-14-24)31-21-11-9-7-5-2/h2,13-20,22H,4,6,8,10,12H2,1,3H3. The first kappa shape index (κ1) is 25.1. The van der Waals surface area contributed by atoms with Crippen LogP contribution in [-0.4, -0.2) is 18.0 Å². The van der Waals surface area contributed by atoms with Crippen molar-refractivity contribution < 1.29 is 23.8 Å². The largest absolute Gasteiger partial charge is 0.459 e. The molecule has 0 amide bonds. The Balaban J connectivity index is 1.86. The van der Waals surface area contributed by atoms with Crippen LogP contribution in [0.5, 0.6) is 11.5 Å². The van der Waals surface area contributed by atoms with E-state index in [2.05, 4.69) is 36.7 Å². The van der Waals surface area contributed by atoms with Gasteiger partial charge in [0, 0.05) is 11.8 Å². The second-order valence-electron chi connectivity index (χ2n) is 7.23. The second-order valence-corrected chi connectivity index (χ2v) is 7.23. The van der Waals surface area contributed by atoms with E-state index in [1.165, 1.54) is 12.8 Å². The van der Waals surface area contributed by atoms with E-state index in [1.54, 1.807) is 48.5 Å². The summed E-state index contributed by atoms with van der Waals surface area (Å²) in [6.07, 6.45) is 12.6. The van der Waals surface area contributed by atoms with Crippen molar-refractivity contribution in [2.45, 2.75) is 52.1 Å². The normalized spacial score (nSPS) is 10.3. The molecule has 0 heterocycles. The summed E-state index contributed by atoms with van der Waals surface area (Å²) >= 11 is 0. The number of rotatable bonds is 10. The van der Waals surface area contributed by atoms with Crippen LogP contribution in [0.4, 0.5) is 0 Å². The van der Waals surface area contributed by atoms with Crippen molar-refractivity contribution in [3.8, 4) is 47.7 Å². The first-order valence-electron chi connectivity index (χ1n) is 10.8. The van der Waals surface area contributed by atoms with E-state index >= 15 is 0 Å². The minimum absolute atomic E-state index is 0.138. The Bertz CT molecular complexity index is 1080. The summed E-state index contributed by atoms with van der Waals surface area (Å²) in [5.74, 6) is 9.19. The molecule has 33 heavy (non-hydrogen) atoms. The van der Waals surface area contributed by atoms with Crippen LogP contribution >= 0.6 is 0 Å². The number of benzene rings is 2. The van der Waals surface area contributed by atoms with Crippen molar-refractivity contribution in [2.24, 2.45) is 0 Å². The molecule has 1 unspecified atom stereocenters. The van der Waals surface area contributed by atoms with Crippen molar-refractivity contribution >= 4 is 11.9 Å². The highest BCUT2D eigenvalue weighted by molar-refractivity contribution is 5.92. The predicted octanol–water partition coefficient (Wildman–Crippen LogP) is 5.40. The molecule has 2 aromatic rings. The molecule has 2 rings (SSSR count). The number of carbonyl (C=O) groups excluding carboxylic acids is 2. The van der Waals surface area contributed by atoms with Crippen molar-refractivity contribution in [2.75, 3.05) is 0 Å². The first-order chi connectivity index (χ1) is 16.0. The highest BCUT2D eigenvalue weighted by atomic mass is 16.5. The summed E-state index contributed by atoms with van der Waals surface area (Å²) in [5.41, 5.74) is 0.743. The van der Waals surface area contributed by atoms with E-state index in [-0.39, 0.29) is 12.1 Å². The molecule has 0 saturated carbocycles. The lowest BCUT2D eigenvalue weighted by atomic mass is 10.1. The van der Waals surface area contributed by atoms with Crippen molar-refractivity contribution in [1.82, 2.24) is 0 Å². The molecule has 2 aromatic carbocycles. The van der Waals surface area contributed by atoms with Gasteiger partial charge in [-0.3, -0.25) is 0 Å². The highest BCUT2D eigenvalue weighted by Gasteiger charge is 2.13. The third kappa shape index (κ3) is 9.26. The molecule has 0 fully saturated rings. The van der Waals surface area contributed by atoms with Gasteiger partial charge in [0.15, 0.2) is 0 Å². The SMILES string of the molecule is C#CC#CC#COc1ccc(C(=O)Oc2ccc(C(=O)OC(C)CCCCCC)cc2)cc1. The summed E-state index contributed by atoms with van der Waals surface area (Å²) in [7, 11) is 0. The molecular weight excluding hydrogens is 416 g/mol. The van der Waals surface area contributed by atoms with Crippen LogP contribution in [0.25, 0.3) is 0 Å². The number of unbranched alkanes of at least 4 members (excludes halogenated alkanes) is 3. The molecule has 1 atom stereocenters. The molecule has 0 aromatic heterocycles. The number of carbonyl (C=O) groups is 2. The van der Waals surface area contributed by atoms with Crippen molar-refractivity contribution in [3.63, 3.8) is 0 Å². The summed E-state index contributed by atoms with van der Waals surface area (Å²) in [4.78, 5) is 24.6. The summed E-state index contributed by atoms with van der Waals surface area (Å²) in [6.45, 7) is 4.06. The van der Waals surface area contributed by atoms with E-state index in [9.17, 15) is 9.59 Å². The molecule has 0 aliphatic carbocycles. The number of esters is 2. The van der Waals surface area contributed by atoms with E-state index in [4.69, 9.17) is 20.6 Å². The minimum Gasteiger partial charge on any atom is -0.459 e. The monoisotopic (exact) mass is 442 g/mol. The molecular formula is C28H26O5. The lowest BCUT2D eigenvalue weighted by molar-refractivity contribution is 0.0319. The fourth-order valence-corrected chi connectivity index (χ4v) is 2.83. The number of ether oxygens (including phenoxy) is 3. The third-order valence-electron chi connectivity index (χ3n) is 4.58. The zero-order valence-corrected chi connectivity index (χ0v) is 18.9. The smallest absolute Gasteiger partial charge is 0.343 e. The zero-order valence-electron chi connectivity index (χ0n) is 18.9. The molecule has 0 bridgehead atoms. The van der Waals surface area contributed by atoms with Gasteiger partial charge in [0.1, 0.15) is 17.6 Å². The average molecular weight is 443 g/mol. The van der Waals surface area contributed by atoms with Gasteiger partial charge in [0.2, 0.25) is 0 Å². The lowest BCUT2D eigenvalue weighted by Gasteiger charge is -2.13. The van der Waals surface area contributed by atoms with Gasteiger partial charge in [-0.2, -0.15) is 0 Å². The van der Waals surface area contributed by atoms with E-state index in [0.717, 1.165) is 19.3 Å². The van der Waals surface area contributed by atoms with E-state index in [0.29, 0.717) is 22.6 Å². The maximum Gasteiger partial charge on any atom is 0.343 e. The molecule has 5 nitrogen and oxygen atoms in total. The van der Waals surface area contributed by atoms with Gasteiger partial charge < -0.3 is 14.2 Å². The van der Waals surface area contributed by atoms with Gasteiger partial charge in [-0.25, -0.2) is 9.59 Å². The van der Waals surface area contributed by atoms with Crippen LogP contribution in [0.1, 0.15) is 66.7 Å². The Morgan fingerprint density at radius 2 is 1.48 bits per heavy atom. The second kappa shape index (κ2) is 14.0.